The number of thioether (sulfide) groups is 1. The Morgan fingerprint density at radius 3 is 2.94 bits per heavy atom. The molecule has 2 rings (SSSR count). The van der Waals surface area contributed by atoms with Gasteiger partial charge in [0, 0.05) is 18.0 Å². The molecule has 0 radical (unpaired) electrons. The van der Waals surface area contributed by atoms with Gasteiger partial charge in [-0.15, -0.1) is 0 Å². The van der Waals surface area contributed by atoms with E-state index in [-0.39, 0.29) is 0 Å². The van der Waals surface area contributed by atoms with Crippen molar-refractivity contribution in [3.8, 4) is 0 Å². The third-order valence-electron chi connectivity index (χ3n) is 3.58. The lowest BCUT2D eigenvalue weighted by Crippen LogP contribution is -2.15. The predicted octanol–water partition coefficient (Wildman–Crippen LogP) is 3.36. The van der Waals surface area contributed by atoms with E-state index in [0.717, 1.165) is 17.9 Å². The monoisotopic (exact) mass is 267 g/mol. The number of nitrogens with zero attached hydrogens (tertiary/aromatic N) is 2. The number of hydrogen-bond donors (Lipinski definition) is 1. The fraction of sp³-hybridized carbons (Fsp3) is 0.786. The Labute approximate surface area is 115 Å². The van der Waals surface area contributed by atoms with Crippen molar-refractivity contribution in [1.29, 1.82) is 0 Å². The van der Waals surface area contributed by atoms with Gasteiger partial charge in [-0.25, -0.2) is 0 Å². The minimum Gasteiger partial charge on any atom is -0.328 e. The summed E-state index contributed by atoms with van der Waals surface area (Å²) in [5, 5.41) is 4.72. The zero-order chi connectivity index (χ0) is 12.8. The summed E-state index contributed by atoms with van der Waals surface area (Å²) in [7, 11) is 0. The second kappa shape index (κ2) is 7.19. The van der Waals surface area contributed by atoms with Crippen molar-refractivity contribution in [2.24, 2.45) is 5.73 Å². The van der Waals surface area contributed by atoms with Crippen LogP contribution in [0.15, 0.2) is 12.3 Å². The summed E-state index contributed by atoms with van der Waals surface area (Å²) in [4.78, 5) is 0. The molecule has 1 saturated carbocycles. The van der Waals surface area contributed by atoms with Gasteiger partial charge in [0.1, 0.15) is 0 Å². The highest BCUT2D eigenvalue weighted by atomic mass is 32.2. The first kappa shape index (κ1) is 13.9. The molecule has 1 aliphatic rings. The molecule has 18 heavy (non-hydrogen) atoms. The molecular formula is C14H25N3S. The van der Waals surface area contributed by atoms with Crippen LogP contribution in [0.2, 0.25) is 0 Å². The van der Waals surface area contributed by atoms with Crippen LogP contribution in [0.4, 0.5) is 0 Å². The van der Waals surface area contributed by atoms with E-state index in [2.05, 4.69) is 23.9 Å². The molecule has 2 N–H and O–H groups in total. The zero-order valence-corrected chi connectivity index (χ0v) is 12.2. The van der Waals surface area contributed by atoms with E-state index < -0.39 is 0 Å². The lowest BCUT2D eigenvalue weighted by atomic mass is 9.96. The van der Waals surface area contributed by atoms with Crippen LogP contribution in [0, 0.1) is 0 Å². The molecule has 0 aromatic carbocycles. The van der Waals surface area contributed by atoms with Gasteiger partial charge in [0.25, 0.3) is 0 Å². The zero-order valence-electron chi connectivity index (χ0n) is 11.3. The second-order valence-corrected chi connectivity index (χ2v) is 6.50. The van der Waals surface area contributed by atoms with Crippen molar-refractivity contribution < 1.29 is 0 Å². The van der Waals surface area contributed by atoms with Gasteiger partial charge in [-0.2, -0.15) is 16.9 Å². The minimum atomic E-state index is 0.317. The maximum Gasteiger partial charge on any atom is 0.0723 e. The first-order chi connectivity index (χ1) is 8.75. The van der Waals surface area contributed by atoms with E-state index >= 15 is 0 Å². The summed E-state index contributed by atoms with van der Waals surface area (Å²) in [6, 6.07) is 3.15. The highest BCUT2D eigenvalue weighted by molar-refractivity contribution is 7.98. The summed E-state index contributed by atoms with van der Waals surface area (Å²) in [6.07, 6.45) is 9.99. The predicted molar refractivity (Wildman–Crippen MR) is 78.8 cm³/mol. The average molecular weight is 267 g/mol. The quantitative estimate of drug-likeness (QED) is 0.804. The van der Waals surface area contributed by atoms with Crippen molar-refractivity contribution in [2.45, 2.75) is 63.3 Å². The Balaban J connectivity index is 1.75. The topological polar surface area (TPSA) is 43.8 Å². The van der Waals surface area contributed by atoms with Gasteiger partial charge in [-0.05, 0) is 38.0 Å². The number of rotatable bonds is 6. The van der Waals surface area contributed by atoms with E-state index in [1.54, 1.807) is 0 Å². The molecule has 0 saturated heterocycles. The van der Waals surface area contributed by atoms with E-state index in [0.29, 0.717) is 12.1 Å². The summed E-state index contributed by atoms with van der Waals surface area (Å²) in [6.45, 7) is 2.07. The molecule has 1 aromatic heterocycles. The van der Waals surface area contributed by atoms with Gasteiger partial charge in [0.15, 0.2) is 0 Å². The Morgan fingerprint density at radius 1 is 1.44 bits per heavy atom. The molecule has 1 unspecified atom stereocenters. The lowest BCUT2D eigenvalue weighted by Gasteiger charge is -2.21. The van der Waals surface area contributed by atoms with Gasteiger partial charge in [0.2, 0.25) is 0 Å². The van der Waals surface area contributed by atoms with Crippen LogP contribution in [0.25, 0.3) is 0 Å². The fourth-order valence-electron chi connectivity index (χ4n) is 2.45. The highest BCUT2D eigenvalue weighted by Crippen LogP contribution is 2.27. The maximum atomic E-state index is 5.74. The number of aromatic nitrogens is 2. The molecule has 1 aromatic rings. The van der Waals surface area contributed by atoms with E-state index in [1.807, 2.05) is 11.8 Å². The molecule has 102 valence electrons. The van der Waals surface area contributed by atoms with Crippen LogP contribution in [-0.2, 0) is 5.75 Å². The van der Waals surface area contributed by atoms with Crippen molar-refractivity contribution in [2.75, 3.05) is 5.75 Å². The van der Waals surface area contributed by atoms with Crippen LogP contribution < -0.4 is 5.73 Å². The molecule has 1 fully saturated rings. The van der Waals surface area contributed by atoms with E-state index in [9.17, 15) is 0 Å². The third-order valence-corrected chi connectivity index (χ3v) is 4.60. The minimum absolute atomic E-state index is 0.317. The highest BCUT2D eigenvalue weighted by Gasteiger charge is 2.15. The molecule has 1 aliphatic carbocycles. The molecule has 4 heteroatoms. The summed E-state index contributed by atoms with van der Waals surface area (Å²) in [5.74, 6) is 2.15. The van der Waals surface area contributed by atoms with E-state index in [4.69, 9.17) is 10.8 Å². The molecule has 0 bridgehead atoms. The lowest BCUT2D eigenvalue weighted by molar-refractivity contribution is 0.328. The first-order valence-electron chi connectivity index (χ1n) is 7.13. The van der Waals surface area contributed by atoms with Crippen molar-refractivity contribution in [3.63, 3.8) is 0 Å². The number of nitrogens with two attached hydrogens (primary N) is 1. The van der Waals surface area contributed by atoms with Crippen molar-refractivity contribution in [1.82, 2.24) is 9.78 Å². The van der Waals surface area contributed by atoms with Gasteiger partial charge < -0.3 is 5.73 Å². The molecule has 0 spiro atoms. The molecule has 0 amide bonds. The molecule has 3 nitrogen and oxygen atoms in total. The normalized spacial score (nSPS) is 19.0. The molecule has 0 aliphatic heterocycles. The summed E-state index contributed by atoms with van der Waals surface area (Å²) in [5.41, 5.74) is 6.96. The van der Waals surface area contributed by atoms with Crippen LogP contribution in [0.1, 0.15) is 57.2 Å². The largest absolute Gasteiger partial charge is 0.328 e. The van der Waals surface area contributed by atoms with Gasteiger partial charge in [-0.3, -0.25) is 4.68 Å². The molecular weight excluding hydrogens is 242 g/mol. The Bertz CT molecular complexity index is 343. The van der Waals surface area contributed by atoms with Crippen LogP contribution in [-0.4, -0.2) is 21.6 Å². The summed E-state index contributed by atoms with van der Waals surface area (Å²) >= 11 is 1.94. The van der Waals surface area contributed by atoms with Gasteiger partial charge in [0.05, 0.1) is 11.7 Å². The summed E-state index contributed by atoms with van der Waals surface area (Å²) < 4.78 is 2.20. The standard InChI is InChI=1S/C14H25N3S/c1-12(15)8-10-18-11-13-7-9-17(16-13)14-5-3-2-4-6-14/h7,9,12,14H,2-6,8,10-11,15H2,1H3. The average Bonchev–Trinajstić information content (AvgIpc) is 2.84. The van der Waals surface area contributed by atoms with Gasteiger partial charge in [-0.1, -0.05) is 19.3 Å². The van der Waals surface area contributed by atoms with Crippen molar-refractivity contribution >= 4 is 11.8 Å². The van der Waals surface area contributed by atoms with E-state index in [1.165, 1.54) is 37.8 Å². The maximum absolute atomic E-state index is 5.74. The Kier molecular flexibility index (Phi) is 5.57. The first-order valence-corrected chi connectivity index (χ1v) is 8.28. The molecule has 1 atom stereocenters. The van der Waals surface area contributed by atoms with Crippen LogP contribution >= 0.6 is 11.8 Å². The van der Waals surface area contributed by atoms with Crippen LogP contribution in [0.3, 0.4) is 0 Å². The van der Waals surface area contributed by atoms with Crippen molar-refractivity contribution in [3.05, 3.63) is 18.0 Å². The number of hydrogen-bond acceptors (Lipinski definition) is 3. The third kappa shape index (κ3) is 4.32. The Hall–Kier alpha value is -0.480. The fourth-order valence-corrected chi connectivity index (χ4v) is 3.50. The van der Waals surface area contributed by atoms with Gasteiger partial charge >= 0.3 is 0 Å². The van der Waals surface area contributed by atoms with Crippen LogP contribution in [0.5, 0.6) is 0 Å². The SMILES string of the molecule is CC(N)CCSCc1ccn(C2CCCCC2)n1. The molecule has 1 heterocycles. The Morgan fingerprint density at radius 2 is 2.22 bits per heavy atom. The smallest absolute Gasteiger partial charge is 0.0723 e. The second-order valence-electron chi connectivity index (χ2n) is 5.40.